The highest BCUT2D eigenvalue weighted by Gasteiger charge is 2.22. The lowest BCUT2D eigenvalue weighted by molar-refractivity contribution is -0.385. The first-order chi connectivity index (χ1) is 18.5. The molecule has 39 heavy (non-hydrogen) atoms. The van der Waals surface area contributed by atoms with Crippen LogP contribution in [-0.4, -0.2) is 50.1 Å². The SMILES string of the molecule is COC(=O)c1cc(Oc2ccc(Cl)cc2Cl)ccc1[N+](=O)[O-].COCCN(C(=O)CCl)c1c(C)cccc1C. The number of esters is 1. The monoisotopic (exact) mass is 596 g/mol. The van der Waals surface area contributed by atoms with Crippen LogP contribution >= 0.6 is 34.8 Å². The Morgan fingerprint density at radius 3 is 2.21 bits per heavy atom. The van der Waals surface area contributed by atoms with Gasteiger partial charge in [0.15, 0.2) is 0 Å². The summed E-state index contributed by atoms with van der Waals surface area (Å²) in [7, 11) is 2.75. The number of hydrogen-bond acceptors (Lipinski definition) is 7. The van der Waals surface area contributed by atoms with Gasteiger partial charge >= 0.3 is 5.97 Å². The van der Waals surface area contributed by atoms with Crippen molar-refractivity contribution in [2.24, 2.45) is 0 Å². The fourth-order valence-electron chi connectivity index (χ4n) is 3.54. The molecule has 9 nitrogen and oxygen atoms in total. The number of halogens is 3. The highest BCUT2D eigenvalue weighted by Crippen LogP contribution is 2.33. The second-order valence-electron chi connectivity index (χ2n) is 8.02. The average molecular weight is 598 g/mol. The molecule has 0 radical (unpaired) electrons. The molecule has 3 rings (SSSR count). The summed E-state index contributed by atoms with van der Waals surface area (Å²) in [5, 5.41) is 11.6. The molecule has 0 aromatic heterocycles. The van der Waals surface area contributed by atoms with E-state index in [1.807, 2.05) is 32.0 Å². The molecule has 0 bridgehead atoms. The maximum Gasteiger partial charge on any atom is 0.345 e. The number of anilines is 1. The first kappa shape index (κ1) is 31.8. The maximum absolute atomic E-state index is 11.9. The number of para-hydroxylation sites is 1. The number of benzene rings is 3. The molecule has 3 aromatic carbocycles. The van der Waals surface area contributed by atoms with Gasteiger partial charge in [-0.05, 0) is 49.2 Å². The zero-order chi connectivity index (χ0) is 29.1. The number of nitro groups is 1. The van der Waals surface area contributed by atoms with E-state index in [-0.39, 0.29) is 33.8 Å². The molecule has 12 heteroatoms. The Labute approximate surface area is 241 Å². The van der Waals surface area contributed by atoms with Crippen molar-refractivity contribution in [1.29, 1.82) is 0 Å². The molecule has 0 N–H and O–H groups in total. The van der Waals surface area contributed by atoms with Crippen molar-refractivity contribution < 1.29 is 28.7 Å². The summed E-state index contributed by atoms with van der Waals surface area (Å²) < 4.78 is 15.1. The van der Waals surface area contributed by atoms with Gasteiger partial charge in [0.25, 0.3) is 5.69 Å². The van der Waals surface area contributed by atoms with E-state index in [1.165, 1.54) is 18.2 Å². The van der Waals surface area contributed by atoms with Gasteiger partial charge in [0, 0.05) is 36.5 Å². The Hall–Kier alpha value is -3.37. The smallest absolute Gasteiger partial charge is 0.345 e. The van der Waals surface area contributed by atoms with Crippen molar-refractivity contribution in [2.75, 3.05) is 38.2 Å². The van der Waals surface area contributed by atoms with Gasteiger partial charge in [-0.15, -0.1) is 11.6 Å². The lowest BCUT2D eigenvalue weighted by atomic mass is 10.1. The average Bonchev–Trinajstić information content (AvgIpc) is 2.91. The van der Waals surface area contributed by atoms with Crippen molar-refractivity contribution >= 4 is 58.1 Å². The van der Waals surface area contributed by atoms with Crippen LogP contribution in [0.15, 0.2) is 54.6 Å². The summed E-state index contributed by atoms with van der Waals surface area (Å²) in [6, 6.07) is 14.3. The number of rotatable bonds is 9. The van der Waals surface area contributed by atoms with Crippen molar-refractivity contribution in [3.63, 3.8) is 0 Å². The van der Waals surface area contributed by atoms with E-state index in [2.05, 4.69) is 4.74 Å². The predicted octanol–water partition coefficient (Wildman–Crippen LogP) is 7.00. The molecule has 0 fully saturated rings. The van der Waals surface area contributed by atoms with Crippen LogP contribution in [0.3, 0.4) is 0 Å². The fraction of sp³-hybridized carbons (Fsp3) is 0.259. The zero-order valence-electron chi connectivity index (χ0n) is 21.7. The molecule has 208 valence electrons. The molecular weight excluding hydrogens is 571 g/mol. The number of methoxy groups -OCH3 is 2. The van der Waals surface area contributed by atoms with Gasteiger partial charge in [-0.1, -0.05) is 41.4 Å². The lowest BCUT2D eigenvalue weighted by Crippen LogP contribution is -2.35. The van der Waals surface area contributed by atoms with Gasteiger partial charge in [0.2, 0.25) is 5.91 Å². The molecule has 0 aliphatic heterocycles. The van der Waals surface area contributed by atoms with E-state index in [4.69, 9.17) is 44.3 Å². The van der Waals surface area contributed by atoms with E-state index in [1.54, 1.807) is 24.1 Å². The minimum atomic E-state index is -0.834. The standard InChI is InChI=1S/C14H9Cl2NO5.C13H18ClNO2/c1-21-14(18)10-7-9(3-4-12(10)17(19)20)22-13-5-2-8(15)6-11(13)16;1-10-5-4-6-11(2)13(10)15(7-8-17-3)12(16)9-14/h2-7H,1H3;4-6H,7-9H2,1-3H3. The van der Waals surface area contributed by atoms with Crippen LogP contribution < -0.4 is 9.64 Å². The van der Waals surface area contributed by atoms with Crippen LogP contribution in [0.4, 0.5) is 11.4 Å². The summed E-state index contributed by atoms with van der Waals surface area (Å²) in [5.74, 6) is -0.441. The molecule has 0 heterocycles. The highest BCUT2D eigenvalue weighted by molar-refractivity contribution is 6.35. The molecular formula is C27H27Cl3N2O7. The first-order valence-corrected chi connectivity index (χ1v) is 12.7. The van der Waals surface area contributed by atoms with Crippen LogP contribution in [0.1, 0.15) is 21.5 Å². The Kier molecular flexibility index (Phi) is 12.5. The van der Waals surface area contributed by atoms with E-state index < -0.39 is 10.9 Å². The molecule has 3 aromatic rings. The lowest BCUT2D eigenvalue weighted by Gasteiger charge is -2.25. The Morgan fingerprint density at radius 2 is 1.67 bits per heavy atom. The highest BCUT2D eigenvalue weighted by atomic mass is 35.5. The van der Waals surface area contributed by atoms with Crippen LogP contribution in [0.5, 0.6) is 11.5 Å². The molecule has 0 atom stereocenters. The predicted molar refractivity (Wildman–Crippen MR) is 152 cm³/mol. The van der Waals surface area contributed by atoms with Gasteiger partial charge < -0.3 is 19.1 Å². The summed E-state index contributed by atoms with van der Waals surface area (Å²) >= 11 is 17.4. The number of nitrogens with zero attached hydrogens (tertiary/aromatic N) is 2. The van der Waals surface area contributed by atoms with Gasteiger partial charge in [-0.2, -0.15) is 0 Å². The molecule has 0 unspecified atom stereocenters. The van der Waals surface area contributed by atoms with E-state index in [9.17, 15) is 19.7 Å². The number of alkyl halides is 1. The molecule has 0 aliphatic carbocycles. The van der Waals surface area contributed by atoms with Gasteiger partial charge in [0.05, 0.1) is 23.7 Å². The minimum Gasteiger partial charge on any atom is -0.465 e. The van der Waals surface area contributed by atoms with Crippen molar-refractivity contribution in [1.82, 2.24) is 0 Å². The second kappa shape index (κ2) is 15.3. The van der Waals surface area contributed by atoms with E-state index in [0.717, 1.165) is 30.0 Å². The number of carbonyl (C=O) groups is 2. The van der Waals surface area contributed by atoms with Gasteiger partial charge in [-0.3, -0.25) is 14.9 Å². The number of aryl methyl sites for hydroxylation is 2. The summed E-state index contributed by atoms with van der Waals surface area (Å²) in [5.41, 5.74) is 2.49. The van der Waals surface area contributed by atoms with E-state index in [0.29, 0.717) is 23.9 Å². The fourth-order valence-corrected chi connectivity index (χ4v) is 4.13. The largest absolute Gasteiger partial charge is 0.465 e. The number of amides is 1. The normalized spacial score (nSPS) is 10.2. The minimum absolute atomic E-state index is 0.0164. The number of ether oxygens (including phenoxy) is 3. The van der Waals surface area contributed by atoms with Crippen molar-refractivity contribution in [2.45, 2.75) is 13.8 Å². The number of nitro benzene ring substituents is 1. The van der Waals surface area contributed by atoms with Crippen LogP contribution in [0.2, 0.25) is 10.0 Å². The van der Waals surface area contributed by atoms with E-state index >= 15 is 0 Å². The Balaban J connectivity index is 0.000000283. The summed E-state index contributed by atoms with van der Waals surface area (Å²) in [6.45, 7) is 5.00. The molecule has 0 saturated carbocycles. The van der Waals surface area contributed by atoms with Crippen molar-refractivity contribution in [3.8, 4) is 11.5 Å². The van der Waals surface area contributed by atoms with Gasteiger partial charge in [-0.25, -0.2) is 4.79 Å². The summed E-state index contributed by atoms with van der Waals surface area (Å²) in [6.07, 6.45) is 0. The molecule has 1 amide bonds. The summed E-state index contributed by atoms with van der Waals surface area (Å²) in [4.78, 5) is 35.4. The van der Waals surface area contributed by atoms with Crippen molar-refractivity contribution in [3.05, 3.63) is 91.4 Å². The third-order valence-electron chi connectivity index (χ3n) is 5.34. The maximum atomic E-state index is 11.9. The molecule has 0 spiro atoms. The Morgan fingerprint density at radius 1 is 1.00 bits per heavy atom. The number of hydrogen-bond donors (Lipinski definition) is 0. The van der Waals surface area contributed by atoms with Gasteiger partial charge in [0.1, 0.15) is 22.9 Å². The Bertz CT molecular complexity index is 1310. The third-order valence-corrected chi connectivity index (χ3v) is 6.09. The third kappa shape index (κ3) is 8.83. The van der Waals surface area contributed by atoms with Crippen LogP contribution in [-0.2, 0) is 14.3 Å². The zero-order valence-corrected chi connectivity index (χ0v) is 24.0. The second-order valence-corrected chi connectivity index (χ2v) is 9.13. The first-order valence-electron chi connectivity index (χ1n) is 11.4. The molecule has 0 saturated heterocycles. The van der Waals surface area contributed by atoms with Crippen LogP contribution in [0.25, 0.3) is 0 Å². The quantitative estimate of drug-likeness (QED) is 0.113. The van der Waals surface area contributed by atoms with Crippen LogP contribution in [0, 0.1) is 24.0 Å². The topological polar surface area (TPSA) is 108 Å². The molecule has 0 aliphatic rings. The number of carbonyl (C=O) groups excluding carboxylic acids is 2.